The maximum atomic E-state index is 12.6. The smallest absolute Gasteiger partial charge is 0.255 e. The normalized spacial score (nSPS) is 14.8. The van der Waals surface area contributed by atoms with Gasteiger partial charge in [-0.25, -0.2) is 0 Å². The van der Waals surface area contributed by atoms with Crippen LogP contribution >= 0.6 is 11.8 Å². The predicted molar refractivity (Wildman–Crippen MR) is 107 cm³/mol. The fraction of sp³-hybridized carbons (Fsp3) is 0.333. The number of carbonyl (C=O) groups is 2. The molecular weight excluding hydrogens is 344 g/mol. The van der Waals surface area contributed by atoms with Crippen LogP contribution < -0.4 is 11.1 Å². The Balaban J connectivity index is 1.67. The molecule has 2 amide bonds. The number of anilines is 1. The molecule has 4 nitrogen and oxygen atoms in total. The van der Waals surface area contributed by atoms with E-state index in [0.29, 0.717) is 17.2 Å². The van der Waals surface area contributed by atoms with E-state index in [9.17, 15) is 9.59 Å². The quantitative estimate of drug-likeness (QED) is 0.734. The van der Waals surface area contributed by atoms with Crippen molar-refractivity contribution < 1.29 is 9.59 Å². The van der Waals surface area contributed by atoms with E-state index in [0.717, 1.165) is 4.90 Å². The van der Waals surface area contributed by atoms with E-state index in [4.69, 9.17) is 5.73 Å². The number of hydrogen-bond donors (Lipinski definition) is 2. The van der Waals surface area contributed by atoms with Gasteiger partial charge in [0.15, 0.2) is 0 Å². The fourth-order valence-corrected chi connectivity index (χ4v) is 4.13. The van der Waals surface area contributed by atoms with E-state index in [2.05, 4.69) is 17.4 Å². The highest BCUT2D eigenvalue weighted by Gasteiger charge is 2.16. The molecule has 0 unspecified atom stereocenters. The third-order valence-electron chi connectivity index (χ3n) is 4.75. The number of thioether (sulfide) groups is 1. The number of hydrogen-bond acceptors (Lipinski definition) is 3. The summed E-state index contributed by atoms with van der Waals surface area (Å²) in [6, 6.07) is 15.4. The second kappa shape index (κ2) is 8.90. The topological polar surface area (TPSA) is 72.2 Å². The Labute approximate surface area is 158 Å². The van der Waals surface area contributed by atoms with Gasteiger partial charge in [0.2, 0.25) is 5.91 Å². The van der Waals surface area contributed by atoms with Crippen molar-refractivity contribution in [2.45, 2.75) is 42.9 Å². The third kappa shape index (κ3) is 4.88. The highest BCUT2D eigenvalue weighted by atomic mass is 32.2. The molecule has 26 heavy (non-hydrogen) atoms. The van der Waals surface area contributed by atoms with Gasteiger partial charge in [0.25, 0.3) is 5.91 Å². The Bertz CT molecular complexity index is 768. The van der Waals surface area contributed by atoms with E-state index in [1.54, 1.807) is 0 Å². The van der Waals surface area contributed by atoms with Crippen molar-refractivity contribution in [1.29, 1.82) is 0 Å². The molecule has 0 heterocycles. The lowest BCUT2D eigenvalue weighted by molar-refractivity contribution is -0.115. The van der Waals surface area contributed by atoms with Crippen LogP contribution in [-0.4, -0.2) is 17.6 Å². The first-order valence-electron chi connectivity index (χ1n) is 9.05. The molecule has 0 bridgehead atoms. The van der Waals surface area contributed by atoms with Gasteiger partial charge in [0.1, 0.15) is 0 Å². The number of benzene rings is 2. The van der Waals surface area contributed by atoms with Gasteiger partial charge in [-0.05, 0) is 48.6 Å². The average Bonchev–Trinajstić information content (AvgIpc) is 2.68. The van der Waals surface area contributed by atoms with Gasteiger partial charge >= 0.3 is 0 Å². The summed E-state index contributed by atoms with van der Waals surface area (Å²) in [4.78, 5) is 24.4. The van der Waals surface area contributed by atoms with E-state index >= 15 is 0 Å². The van der Waals surface area contributed by atoms with Gasteiger partial charge in [0, 0.05) is 10.5 Å². The molecule has 5 heteroatoms. The minimum absolute atomic E-state index is 0.146. The molecule has 0 radical (unpaired) electrons. The number of primary amides is 1. The summed E-state index contributed by atoms with van der Waals surface area (Å²) in [5.74, 6) is 0.289. The summed E-state index contributed by atoms with van der Waals surface area (Å²) < 4.78 is 0. The third-order valence-corrected chi connectivity index (χ3v) is 5.85. The van der Waals surface area contributed by atoms with Gasteiger partial charge in [-0.1, -0.05) is 43.5 Å². The number of para-hydroxylation sites is 1. The van der Waals surface area contributed by atoms with Crippen LogP contribution in [0.1, 0.15) is 53.9 Å². The summed E-state index contributed by atoms with van der Waals surface area (Å²) in [6.07, 6.45) is 6.43. The molecule has 3 rings (SSSR count). The average molecular weight is 369 g/mol. The fourth-order valence-electron chi connectivity index (χ4n) is 3.38. The lowest BCUT2D eigenvalue weighted by Crippen LogP contribution is -2.15. The largest absolute Gasteiger partial charge is 0.369 e. The molecule has 0 aromatic heterocycles. The van der Waals surface area contributed by atoms with Gasteiger partial charge in [-0.15, -0.1) is 11.8 Å². The van der Waals surface area contributed by atoms with E-state index < -0.39 is 0 Å². The van der Waals surface area contributed by atoms with Crippen LogP contribution in [-0.2, 0) is 4.79 Å². The van der Waals surface area contributed by atoms with Crippen LogP contribution in [0.4, 0.5) is 5.69 Å². The predicted octanol–water partition coefficient (Wildman–Crippen LogP) is 4.56. The number of nitrogens with two attached hydrogens (primary N) is 1. The molecule has 0 atom stereocenters. The van der Waals surface area contributed by atoms with Crippen LogP contribution in [0.3, 0.4) is 0 Å². The molecule has 2 aromatic rings. The molecule has 1 fully saturated rings. The Morgan fingerprint density at radius 3 is 2.38 bits per heavy atom. The Hall–Kier alpha value is -2.27. The zero-order chi connectivity index (χ0) is 18.4. The molecule has 0 aliphatic heterocycles. The number of nitrogens with one attached hydrogen (secondary N) is 1. The maximum absolute atomic E-state index is 12.6. The summed E-state index contributed by atoms with van der Waals surface area (Å²) in [5, 5.41) is 2.94. The SMILES string of the molecule is NC(=O)CSc1ccccc1NC(=O)c1ccc(C2CCCCC2)cc1. The molecule has 1 aliphatic rings. The first-order chi connectivity index (χ1) is 12.6. The molecule has 136 valence electrons. The van der Waals surface area contributed by atoms with Gasteiger partial charge in [-0.3, -0.25) is 9.59 Å². The minimum Gasteiger partial charge on any atom is -0.369 e. The van der Waals surface area contributed by atoms with Crippen LogP contribution in [0.25, 0.3) is 0 Å². The molecule has 2 aromatic carbocycles. The Morgan fingerprint density at radius 2 is 1.69 bits per heavy atom. The van der Waals surface area contributed by atoms with E-state index in [-0.39, 0.29) is 17.6 Å². The minimum atomic E-state index is -0.380. The lowest BCUT2D eigenvalue weighted by Gasteiger charge is -2.22. The highest BCUT2D eigenvalue weighted by Crippen LogP contribution is 2.32. The molecule has 0 saturated heterocycles. The summed E-state index contributed by atoms with van der Waals surface area (Å²) in [6.45, 7) is 0. The summed E-state index contributed by atoms with van der Waals surface area (Å²) in [5.41, 5.74) is 7.88. The van der Waals surface area contributed by atoms with Gasteiger partial charge in [-0.2, -0.15) is 0 Å². The number of amides is 2. The van der Waals surface area contributed by atoms with Crippen molar-refractivity contribution in [1.82, 2.24) is 0 Å². The van der Waals surface area contributed by atoms with Crippen LogP contribution in [0, 0.1) is 0 Å². The maximum Gasteiger partial charge on any atom is 0.255 e. The standard InChI is InChI=1S/C21H24N2O2S/c22-20(24)14-26-19-9-5-4-8-18(19)23-21(25)17-12-10-16(11-13-17)15-6-2-1-3-7-15/h4-5,8-13,15H,1-3,6-7,14H2,(H2,22,24)(H,23,25). The highest BCUT2D eigenvalue weighted by molar-refractivity contribution is 8.00. The molecule has 1 saturated carbocycles. The monoisotopic (exact) mass is 368 g/mol. The zero-order valence-corrected chi connectivity index (χ0v) is 15.6. The van der Waals surface area contributed by atoms with Gasteiger partial charge in [0.05, 0.1) is 11.4 Å². The first-order valence-corrected chi connectivity index (χ1v) is 10.0. The second-order valence-corrected chi connectivity index (χ2v) is 7.68. The van der Waals surface area contributed by atoms with Crippen molar-refractivity contribution in [3.8, 4) is 0 Å². The number of rotatable bonds is 6. The first kappa shape index (κ1) is 18.5. The Kier molecular flexibility index (Phi) is 6.34. The molecular formula is C21H24N2O2S. The molecule has 3 N–H and O–H groups in total. The van der Waals surface area contributed by atoms with E-state index in [1.165, 1.54) is 49.4 Å². The molecule has 1 aliphatic carbocycles. The summed E-state index contributed by atoms with van der Waals surface area (Å²) >= 11 is 1.32. The second-order valence-electron chi connectivity index (χ2n) is 6.66. The van der Waals surface area contributed by atoms with Gasteiger partial charge < -0.3 is 11.1 Å². The van der Waals surface area contributed by atoms with Crippen molar-refractivity contribution in [2.24, 2.45) is 5.73 Å². The van der Waals surface area contributed by atoms with Crippen molar-refractivity contribution >= 4 is 29.3 Å². The van der Waals surface area contributed by atoms with Crippen LogP contribution in [0.2, 0.25) is 0 Å². The van der Waals surface area contributed by atoms with Crippen LogP contribution in [0.15, 0.2) is 53.4 Å². The van der Waals surface area contributed by atoms with E-state index in [1.807, 2.05) is 36.4 Å². The zero-order valence-electron chi connectivity index (χ0n) is 14.7. The van der Waals surface area contributed by atoms with Crippen molar-refractivity contribution in [3.63, 3.8) is 0 Å². The summed E-state index contributed by atoms with van der Waals surface area (Å²) in [7, 11) is 0. The van der Waals surface area contributed by atoms with Crippen LogP contribution in [0.5, 0.6) is 0 Å². The van der Waals surface area contributed by atoms with Crippen molar-refractivity contribution in [3.05, 3.63) is 59.7 Å². The number of carbonyl (C=O) groups excluding carboxylic acids is 2. The lowest BCUT2D eigenvalue weighted by atomic mass is 9.84. The Morgan fingerprint density at radius 1 is 1.00 bits per heavy atom. The van der Waals surface area contributed by atoms with Crippen molar-refractivity contribution in [2.75, 3.05) is 11.1 Å². The molecule has 0 spiro atoms.